The minimum absolute atomic E-state index is 0.461. The second-order valence-corrected chi connectivity index (χ2v) is 8.65. The van der Waals surface area contributed by atoms with Gasteiger partial charge in [0, 0.05) is 11.3 Å². The van der Waals surface area contributed by atoms with E-state index in [0.717, 1.165) is 36.3 Å². The lowest BCUT2D eigenvalue weighted by atomic mass is 10.8. The maximum absolute atomic E-state index is 12.9. The van der Waals surface area contributed by atoms with Crippen LogP contribution in [0.3, 0.4) is 0 Å². The van der Waals surface area contributed by atoms with Gasteiger partial charge in [-0.2, -0.15) is 4.37 Å². The van der Waals surface area contributed by atoms with Gasteiger partial charge in [0.15, 0.2) is 4.75 Å². The summed E-state index contributed by atoms with van der Waals surface area (Å²) in [6.45, 7) is 1.88. The van der Waals surface area contributed by atoms with Gasteiger partial charge >= 0.3 is 0 Å². The molecular weight excluding hydrogens is 215 g/mol. The summed E-state index contributed by atoms with van der Waals surface area (Å²) in [5, 5.41) is 0. The Morgan fingerprint density at radius 3 is 2.21 bits per heavy atom. The second-order valence-electron chi connectivity index (χ2n) is 4.30. The van der Waals surface area contributed by atoms with Crippen LogP contribution < -0.4 is 4.75 Å². The SMILES string of the molecule is Cc1nsc(P(=O)(C2CC2)C2CC2)n1. The van der Waals surface area contributed by atoms with E-state index >= 15 is 0 Å². The van der Waals surface area contributed by atoms with Crippen molar-refractivity contribution in [1.29, 1.82) is 0 Å². The van der Waals surface area contributed by atoms with Crippen LogP contribution in [0, 0.1) is 6.92 Å². The summed E-state index contributed by atoms with van der Waals surface area (Å²) in [6, 6.07) is 0. The topological polar surface area (TPSA) is 42.9 Å². The Labute approximate surface area is 87.5 Å². The molecule has 3 nitrogen and oxygen atoms in total. The summed E-state index contributed by atoms with van der Waals surface area (Å²) < 4.78 is 17.9. The second kappa shape index (κ2) is 2.89. The van der Waals surface area contributed by atoms with Crippen LogP contribution in [0.15, 0.2) is 0 Å². The monoisotopic (exact) mass is 228 g/mol. The number of aryl methyl sites for hydroxylation is 1. The van der Waals surface area contributed by atoms with Crippen molar-refractivity contribution in [3.8, 4) is 0 Å². The molecule has 0 atom stereocenters. The third kappa shape index (κ3) is 1.28. The van der Waals surface area contributed by atoms with Crippen LogP contribution in [0.4, 0.5) is 0 Å². The molecule has 0 spiro atoms. The molecule has 2 aliphatic carbocycles. The normalized spacial score (nSPS) is 22.6. The lowest BCUT2D eigenvalue weighted by Crippen LogP contribution is -2.11. The van der Waals surface area contributed by atoms with Crippen LogP contribution in [0.25, 0.3) is 0 Å². The van der Waals surface area contributed by atoms with E-state index in [-0.39, 0.29) is 0 Å². The molecule has 0 N–H and O–H groups in total. The quantitative estimate of drug-likeness (QED) is 0.744. The first kappa shape index (κ1) is 9.05. The molecule has 0 unspecified atom stereocenters. The molecule has 3 rings (SSSR count). The molecule has 0 aliphatic heterocycles. The van der Waals surface area contributed by atoms with Gasteiger partial charge in [-0.3, -0.25) is 0 Å². The molecular formula is C9H13N2OPS. The first-order valence-corrected chi connectivity index (χ1v) is 7.73. The lowest BCUT2D eigenvalue weighted by molar-refractivity contribution is 0.579. The molecule has 2 fully saturated rings. The molecule has 76 valence electrons. The lowest BCUT2D eigenvalue weighted by Gasteiger charge is -2.12. The highest BCUT2D eigenvalue weighted by Gasteiger charge is 2.53. The van der Waals surface area contributed by atoms with E-state index in [4.69, 9.17) is 0 Å². The molecule has 0 saturated heterocycles. The van der Waals surface area contributed by atoms with Crippen molar-refractivity contribution < 1.29 is 4.57 Å². The largest absolute Gasteiger partial charge is 0.316 e. The Hall–Kier alpha value is -0.210. The van der Waals surface area contributed by atoms with Gasteiger partial charge in [-0.05, 0) is 44.1 Å². The molecule has 2 saturated carbocycles. The number of aromatic nitrogens is 2. The van der Waals surface area contributed by atoms with Gasteiger partial charge in [0.1, 0.15) is 13.0 Å². The number of rotatable bonds is 3. The van der Waals surface area contributed by atoms with Crippen LogP contribution in [0.5, 0.6) is 0 Å². The summed E-state index contributed by atoms with van der Waals surface area (Å²) in [4.78, 5) is 4.35. The van der Waals surface area contributed by atoms with Gasteiger partial charge in [0.2, 0.25) is 0 Å². The van der Waals surface area contributed by atoms with E-state index < -0.39 is 7.14 Å². The maximum atomic E-state index is 12.9. The summed E-state index contributed by atoms with van der Waals surface area (Å²) in [6.07, 6.45) is 4.58. The zero-order valence-corrected chi connectivity index (χ0v) is 9.85. The highest BCUT2D eigenvalue weighted by Crippen LogP contribution is 2.69. The van der Waals surface area contributed by atoms with Crippen molar-refractivity contribution in [1.82, 2.24) is 9.36 Å². The highest BCUT2D eigenvalue weighted by atomic mass is 32.1. The van der Waals surface area contributed by atoms with E-state index in [2.05, 4.69) is 9.36 Å². The molecule has 2 aliphatic rings. The number of nitrogens with zero attached hydrogens (tertiary/aromatic N) is 2. The maximum Gasteiger partial charge on any atom is 0.173 e. The Kier molecular flexibility index (Phi) is 1.87. The standard InChI is InChI=1S/C9H13N2OPS/c1-6-10-9(14-11-6)13(12,7-2-3-7)8-4-5-8/h7-8H,2-5H2,1H3. The Bertz CT molecular complexity index is 393. The summed E-state index contributed by atoms with van der Waals surface area (Å²) >= 11 is 1.37. The number of hydrogen-bond acceptors (Lipinski definition) is 4. The van der Waals surface area contributed by atoms with Gasteiger partial charge in [-0.15, -0.1) is 0 Å². The molecule has 0 bridgehead atoms. The van der Waals surface area contributed by atoms with Crippen molar-refractivity contribution in [3.63, 3.8) is 0 Å². The van der Waals surface area contributed by atoms with E-state index in [1.807, 2.05) is 6.92 Å². The summed E-state index contributed by atoms with van der Waals surface area (Å²) in [7, 11) is -2.13. The Balaban J connectivity index is 2.02. The fourth-order valence-electron chi connectivity index (χ4n) is 1.95. The zero-order valence-electron chi connectivity index (χ0n) is 8.14. The average molecular weight is 228 g/mol. The van der Waals surface area contributed by atoms with Crippen molar-refractivity contribution in [3.05, 3.63) is 5.82 Å². The first-order valence-electron chi connectivity index (χ1n) is 5.11. The van der Waals surface area contributed by atoms with Crippen molar-refractivity contribution in [2.75, 3.05) is 0 Å². The molecule has 0 radical (unpaired) electrons. The fraction of sp³-hybridized carbons (Fsp3) is 0.778. The predicted molar refractivity (Wildman–Crippen MR) is 57.9 cm³/mol. The molecule has 0 amide bonds. The Morgan fingerprint density at radius 1 is 1.29 bits per heavy atom. The van der Waals surface area contributed by atoms with E-state index in [9.17, 15) is 4.57 Å². The highest BCUT2D eigenvalue weighted by molar-refractivity contribution is 7.77. The van der Waals surface area contributed by atoms with Gasteiger partial charge in [0.25, 0.3) is 0 Å². The van der Waals surface area contributed by atoms with E-state index in [1.54, 1.807) is 0 Å². The van der Waals surface area contributed by atoms with Crippen molar-refractivity contribution in [2.24, 2.45) is 0 Å². The van der Waals surface area contributed by atoms with Crippen molar-refractivity contribution >= 4 is 23.4 Å². The summed E-state index contributed by atoms with van der Waals surface area (Å²) in [5.41, 5.74) is 0.921. The van der Waals surface area contributed by atoms with E-state index in [1.165, 1.54) is 11.5 Å². The van der Waals surface area contributed by atoms with Crippen LogP contribution in [-0.4, -0.2) is 20.7 Å². The third-order valence-electron chi connectivity index (χ3n) is 2.99. The van der Waals surface area contributed by atoms with Crippen LogP contribution in [0.2, 0.25) is 0 Å². The zero-order chi connectivity index (χ0) is 9.76. The molecule has 1 aromatic heterocycles. The average Bonchev–Trinajstić information content (AvgIpc) is 3.01. The van der Waals surface area contributed by atoms with Gasteiger partial charge in [-0.1, -0.05) is 0 Å². The Morgan fingerprint density at radius 2 is 1.86 bits per heavy atom. The van der Waals surface area contributed by atoms with Gasteiger partial charge in [0.05, 0.1) is 0 Å². The minimum Gasteiger partial charge on any atom is -0.316 e. The summed E-state index contributed by atoms with van der Waals surface area (Å²) in [5.74, 6) is 0.784. The third-order valence-corrected chi connectivity index (χ3v) is 8.61. The minimum atomic E-state index is -2.13. The van der Waals surface area contributed by atoms with Crippen LogP contribution in [-0.2, 0) is 4.57 Å². The van der Waals surface area contributed by atoms with E-state index in [0.29, 0.717) is 11.3 Å². The first-order chi connectivity index (χ1) is 6.71. The fourth-order valence-corrected chi connectivity index (χ4v) is 7.26. The van der Waals surface area contributed by atoms with Gasteiger partial charge in [-0.25, -0.2) is 4.98 Å². The predicted octanol–water partition coefficient (Wildman–Crippen LogP) is 2.16. The van der Waals surface area contributed by atoms with Gasteiger partial charge < -0.3 is 4.57 Å². The smallest absolute Gasteiger partial charge is 0.173 e. The van der Waals surface area contributed by atoms with Crippen molar-refractivity contribution in [2.45, 2.75) is 43.9 Å². The molecule has 1 aromatic rings. The molecule has 14 heavy (non-hydrogen) atoms. The molecule has 1 heterocycles. The number of hydrogen-bond donors (Lipinski definition) is 0. The molecule has 5 heteroatoms. The van der Waals surface area contributed by atoms with Crippen LogP contribution >= 0.6 is 18.7 Å². The molecule has 0 aromatic carbocycles. The van der Waals surface area contributed by atoms with Crippen LogP contribution in [0.1, 0.15) is 31.5 Å².